The van der Waals surface area contributed by atoms with Gasteiger partial charge in [0.05, 0.1) is 11.4 Å². The van der Waals surface area contributed by atoms with Crippen LogP contribution in [0.15, 0.2) is 67.6 Å². The van der Waals surface area contributed by atoms with Crippen molar-refractivity contribution in [3.8, 4) is 11.3 Å². The van der Waals surface area contributed by atoms with Crippen LogP contribution in [0.1, 0.15) is 55.9 Å². The third-order valence-electron chi connectivity index (χ3n) is 6.42. The van der Waals surface area contributed by atoms with Gasteiger partial charge in [-0.2, -0.15) is 5.10 Å². The summed E-state index contributed by atoms with van der Waals surface area (Å²) in [6.07, 6.45) is 7.72. The van der Waals surface area contributed by atoms with Crippen LogP contribution in [0.2, 0.25) is 0 Å². The molecule has 0 atom stereocenters. The first-order valence-corrected chi connectivity index (χ1v) is 12.8. The van der Waals surface area contributed by atoms with Crippen LogP contribution in [-0.2, 0) is 4.79 Å². The molecule has 4 aromatic rings. The smallest absolute Gasteiger partial charge is 0.256 e. The van der Waals surface area contributed by atoms with Crippen molar-refractivity contribution in [3.63, 3.8) is 0 Å². The number of hydrogen-bond donors (Lipinski definition) is 3. The van der Waals surface area contributed by atoms with Crippen molar-refractivity contribution in [2.75, 3.05) is 11.1 Å². The standard InChI is InChI=1S/C26H26N8O2.C2H6/c1-2-21(35)31-18-10-12-19(13-11-18)34-25-22(24(27)29-15-30-25)23(33-34)16-6-8-17(9-7-16)26(36)32-20-5-3-4-14-28-20;1-2/h2-9,14-15,18-19H,1,10-13H2,(H,31,35)(H2,27,29,30)(H,28,32,36);1-2H3. The van der Waals surface area contributed by atoms with Crippen molar-refractivity contribution < 1.29 is 9.59 Å². The molecule has 38 heavy (non-hydrogen) atoms. The second-order valence-corrected chi connectivity index (χ2v) is 8.72. The summed E-state index contributed by atoms with van der Waals surface area (Å²) in [5, 5.41) is 11.4. The van der Waals surface area contributed by atoms with Crippen LogP contribution < -0.4 is 16.4 Å². The first kappa shape index (κ1) is 26.5. The highest BCUT2D eigenvalue weighted by atomic mass is 16.2. The lowest BCUT2D eigenvalue weighted by atomic mass is 9.91. The van der Waals surface area contributed by atoms with Crippen LogP contribution in [0.25, 0.3) is 22.3 Å². The highest BCUT2D eigenvalue weighted by molar-refractivity contribution is 6.04. The molecule has 10 heteroatoms. The molecule has 0 spiro atoms. The number of nitrogen functional groups attached to an aromatic ring is 1. The summed E-state index contributed by atoms with van der Waals surface area (Å²) in [4.78, 5) is 37.1. The molecule has 3 aromatic heterocycles. The number of aromatic nitrogens is 5. The lowest BCUT2D eigenvalue weighted by Gasteiger charge is -2.29. The van der Waals surface area contributed by atoms with E-state index in [9.17, 15) is 9.59 Å². The molecule has 1 saturated carbocycles. The molecule has 3 heterocycles. The van der Waals surface area contributed by atoms with Gasteiger partial charge in [-0.05, 0) is 56.0 Å². The summed E-state index contributed by atoms with van der Waals surface area (Å²) in [5.74, 6) is 0.437. The van der Waals surface area contributed by atoms with E-state index in [0.717, 1.165) is 31.2 Å². The second-order valence-electron chi connectivity index (χ2n) is 8.72. The summed E-state index contributed by atoms with van der Waals surface area (Å²) in [6, 6.07) is 12.7. The maximum absolute atomic E-state index is 12.6. The molecule has 1 fully saturated rings. The molecule has 0 radical (unpaired) electrons. The van der Waals surface area contributed by atoms with Gasteiger partial charge in [-0.25, -0.2) is 19.6 Å². The molecule has 1 aliphatic rings. The van der Waals surface area contributed by atoms with E-state index in [1.54, 1.807) is 30.5 Å². The lowest BCUT2D eigenvalue weighted by molar-refractivity contribution is -0.117. The molecule has 2 amide bonds. The quantitative estimate of drug-likeness (QED) is 0.322. The van der Waals surface area contributed by atoms with Crippen LogP contribution in [0.3, 0.4) is 0 Å². The molecule has 1 aromatic carbocycles. The van der Waals surface area contributed by atoms with Gasteiger partial charge in [0, 0.05) is 23.4 Å². The largest absolute Gasteiger partial charge is 0.383 e. The number of anilines is 2. The predicted molar refractivity (Wildman–Crippen MR) is 148 cm³/mol. The second kappa shape index (κ2) is 12.1. The highest BCUT2D eigenvalue weighted by Gasteiger charge is 2.27. The predicted octanol–water partition coefficient (Wildman–Crippen LogP) is 4.53. The monoisotopic (exact) mass is 512 g/mol. The van der Waals surface area contributed by atoms with E-state index >= 15 is 0 Å². The molecule has 0 saturated heterocycles. The van der Waals surface area contributed by atoms with Gasteiger partial charge in [-0.1, -0.05) is 38.6 Å². The maximum Gasteiger partial charge on any atom is 0.256 e. The molecular formula is C28H32N8O2. The number of nitrogens with one attached hydrogen (secondary N) is 2. The van der Waals surface area contributed by atoms with Crippen molar-refractivity contribution in [2.45, 2.75) is 51.6 Å². The van der Waals surface area contributed by atoms with Gasteiger partial charge in [0.1, 0.15) is 23.7 Å². The lowest BCUT2D eigenvalue weighted by Crippen LogP contribution is -2.37. The Bertz CT molecular complexity index is 1410. The third-order valence-corrected chi connectivity index (χ3v) is 6.42. The Hall–Kier alpha value is -4.60. The van der Waals surface area contributed by atoms with Crippen molar-refractivity contribution in [1.82, 2.24) is 30.0 Å². The normalized spacial score (nSPS) is 16.7. The summed E-state index contributed by atoms with van der Waals surface area (Å²) in [6.45, 7) is 7.52. The average molecular weight is 513 g/mol. The van der Waals surface area contributed by atoms with E-state index in [1.807, 2.05) is 36.7 Å². The molecule has 1 aliphatic carbocycles. The van der Waals surface area contributed by atoms with Gasteiger partial charge in [-0.15, -0.1) is 0 Å². The minimum Gasteiger partial charge on any atom is -0.383 e. The van der Waals surface area contributed by atoms with Gasteiger partial charge in [0.2, 0.25) is 5.91 Å². The summed E-state index contributed by atoms with van der Waals surface area (Å²) < 4.78 is 1.93. The number of benzene rings is 1. The fraction of sp³-hybridized carbons (Fsp3) is 0.286. The molecule has 4 N–H and O–H groups in total. The molecule has 0 unspecified atom stereocenters. The van der Waals surface area contributed by atoms with E-state index in [2.05, 4.69) is 32.2 Å². The van der Waals surface area contributed by atoms with Crippen LogP contribution in [0.5, 0.6) is 0 Å². The summed E-state index contributed by atoms with van der Waals surface area (Å²) >= 11 is 0. The average Bonchev–Trinajstić information content (AvgIpc) is 3.36. The van der Waals surface area contributed by atoms with Crippen molar-refractivity contribution in [2.24, 2.45) is 0 Å². The number of pyridine rings is 1. The Morgan fingerprint density at radius 1 is 1.03 bits per heavy atom. The Morgan fingerprint density at radius 2 is 1.76 bits per heavy atom. The highest BCUT2D eigenvalue weighted by Crippen LogP contribution is 2.36. The van der Waals surface area contributed by atoms with Crippen LogP contribution in [-0.4, -0.2) is 42.6 Å². The number of rotatable bonds is 6. The fourth-order valence-corrected chi connectivity index (χ4v) is 4.58. The van der Waals surface area contributed by atoms with Gasteiger partial charge in [-0.3, -0.25) is 9.59 Å². The fourth-order valence-electron chi connectivity index (χ4n) is 4.58. The van der Waals surface area contributed by atoms with Gasteiger partial charge in [0.15, 0.2) is 5.65 Å². The number of carbonyl (C=O) groups excluding carboxylic acids is 2. The zero-order valence-electron chi connectivity index (χ0n) is 21.6. The maximum atomic E-state index is 12.6. The minimum absolute atomic E-state index is 0.121. The molecular weight excluding hydrogens is 480 g/mol. The zero-order chi connectivity index (χ0) is 27.1. The number of fused-ring (bicyclic) bond motifs is 1. The van der Waals surface area contributed by atoms with E-state index < -0.39 is 0 Å². The molecule has 10 nitrogen and oxygen atoms in total. The van der Waals surface area contributed by atoms with Crippen molar-refractivity contribution >= 4 is 34.5 Å². The number of nitrogens with two attached hydrogens (primary N) is 1. The molecule has 196 valence electrons. The van der Waals surface area contributed by atoms with Crippen LogP contribution in [0.4, 0.5) is 11.6 Å². The van der Waals surface area contributed by atoms with Crippen molar-refractivity contribution in [3.05, 3.63) is 73.2 Å². The molecule has 0 aliphatic heterocycles. The number of amides is 2. The number of hydrogen-bond acceptors (Lipinski definition) is 7. The zero-order valence-corrected chi connectivity index (χ0v) is 21.6. The topological polar surface area (TPSA) is 141 Å². The number of nitrogens with zero attached hydrogens (tertiary/aromatic N) is 5. The van der Waals surface area contributed by atoms with E-state index in [-0.39, 0.29) is 23.9 Å². The first-order chi connectivity index (χ1) is 18.5. The van der Waals surface area contributed by atoms with E-state index in [4.69, 9.17) is 10.8 Å². The summed E-state index contributed by atoms with van der Waals surface area (Å²) in [7, 11) is 0. The Labute approximate surface area is 221 Å². The van der Waals surface area contributed by atoms with Crippen LogP contribution in [0, 0.1) is 0 Å². The number of carbonyl (C=O) groups is 2. The SMILES string of the molecule is C=CC(=O)NC1CCC(n2nc(-c3ccc(C(=O)Nc4ccccn4)cc3)c3c(N)ncnc32)CC1.CC. The van der Waals surface area contributed by atoms with Crippen molar-refractivity contribution in [1.29, 1.82) is 0 Å². The first-order valence-electron chi connectivity index (χ1n) is 12.8. The van der Waals surface area contributed by atoms with E-state index in [1.165, 1.54) is 12.4 Å². The Kier molecular flexibility index (Phi) is 8.42. The van der Waals surface area contributed by atoms with Crippen LogP contribution >= 0.6 is 0 Å². The minimum atomic E-state index is -0.251. The Morgan fingerprint density at radius 3 is 2.42 bits per heavy atom. The van der Waals surface area contributed by atoms with Gasteiger partial charge >= 0.3 is 0 Å². The third kappa shape index (κ3) is 5.69. The molecule has 0 bridgehead atoms. The molecule has 5 rings (SSSR count). The van der Waals surface area contributed by atoms with Gasteiger partial charge < -0.3 is 16.4 Å². The van der Waals surface area contributed by atoms with Gasteiger partial charge in [0.25, 0.3) is 5.91 Å². The Balaban J connectivity index is 0.00000164. The van der Waals surface area contributed by atoms with E-state index in [0.29, 0.717) is 33.9 Å². The summed E-state index contributed by atoms with van der Waals surface area (Å²) in [5.41, 5.74) is 8.91.